The first-order chi connectivity index (χ1) is 9.66. The third kappa shape index (κ3) is 2.21. The van der Waals surface area contributed by atoms with Gasteiger partial charge in [0.2, 0.25) is 5.16 Å². The van der Waals surface area contributed by atoms with Crippen LogP contribution in [0.3, 0.4) is 0 Å². The van der Waals surface area contributed by atoms with Gasteiger partial charge in [-0.1, -0.05) is 23.7 Å². The molecule has 2 heterocycles. The number of nitro benzene ring substituents is 1. The Bertz CT molecular complexity index is 805. The van der Waals surface area contributed by atoms with E-state index in [-0.39, 0.29) is 10.7 Å². The van der Waals surface area contributed by atoms with Crippen LogP contribution in [0.1, 0.15) is 0 Å². The number of halogens is 1. The van der Waals surface area contributed by atoms with Crippen molar-refractivity contribution in [2.45, 2.75) is 10.1 Å². The summed E-state index contributed by atoms with van der Waals surface area (Å²) >= 11 is 7.04. The summed E-state index contributed by atoms with van der Waals surface area (Å²) in [6, 6.07) is 10.3. The average molecular weight is 307 g/mol. The number of fused-ring (bicyclic) bond motifs is 1. The van der Waals surface area contributed by atoms with E-state index in [1.54, 1.807) is 22.7 Å². The van der Waals surface area contributed by atoms with Crippen LogP contribution >= 0.6 is 23.4 Å². The lowest BCUT2D eigenvalue weighted by Gasteiger charge is -2.02. The first-order valence-corrected chi connectivity index (χ1v) is 6.77. The fraction of sp³-hybridized carbons (Fsp3) is 0. The van der Waals surface area contributed by atoms with Crippen LogP contribution in [0.5, 0.6) is 0 Å². The van der Waals surface area contributed by atoms with E-state index in [0.29, 0.717) is 15.7 Å². The van der Waals surface area contributed by atoms with Gasteiger partial charge in [-0.2, -0.15) is 0 Å². The van der Waals surface area contributed by atoms with Crippen LogP contribution in [0.15, 0.2) is 52.6 Å². The minimum absolute atomic E-state index is 0.105. The van der Waals surface area contributed by atoms with Gasteiger partial charge in [0, 0.05) is 6.20 Å². The van der Waals surface area contributed by atoms with E-state index in [2.05, 4.69) is 10.2 Å². The van der Waals surface area contributed by atoms with Gasteiger partial charge in [-0.05, 0) is 36.0 Å². The molecule has 3 rings (SSSR count). The van der Waals surface area contributed by atoms with E-state index in [1.165, 1.54) is 6.07 Å². The van der Waals surface area contributed by atoms with Gasteiger partial charge >= 0.3 is 5.69 Å². The molecule has 0 atom stereocenters. The van der Waals surface area contributed by atoms with Crippen molar-refractivity contribution < 1.29 is 4.92 Å². The molecule has 0 bridgehead atoms. The van der Waals surface area contributed by atoms with E-state index in [9.17, 15) is 10.1 Å². The second-order valence-corrected chi connectivity index (χ2v) is 5.27. The zero-order valence-electron chi connectivity index (χ0n) is 9.93. The lowest BCUT2D eigenvalue weighted by molar-refractivity contribution is -0.387. The van der Waals surface area contributed by atoms with E-state index in [0.717, 1.165) is 11.8 Å². The molecule has 0 fully saturated rings. The van der Waals surface area contributed by atoms with Gasteiger partial charge in [0.05, 0.1) is 9.82 Å². The first kappa shape index (κ1) is 12.9. The van der Waals surface area contributed by atoms with Gasteiger partial charge in [0.25, 0.3) is 0 Å². The summed E-state index contributed by atoms with van der Waals surface area (Å²) in [5.41, 5.74) is 0.562. The Morgan fingerprint density at radius 3 is 2.85 bits per heavy atom. The molecular weight excluding hydrogens is 300 g/mol. The molecule has 0 radical (unpaired) electrons. The molecule has 0 N–H and O–H groups in total. The molecular formula is C12H7ClN4O2S. The van der Waals surface area contributed by atoms with Crippen LogP contribution < -0.4 is 0 Å². The summed E-state index contributed by atoms with van der Waals surface area (Å²) in [7, 11) is 0. The second-order valence-electron chi connectivity index (χ2n) is 3.86. The molecule has 8 heteroatoms. The highest BCUT2D eigenvalue weighted by atomic mass is 35.5. The zero-order chi connectivity index (χ0) is 14.1. The van der Waals surface area contributed by atoms with Crippen molar-refractivity contribution >= 4 is 34.7 Å². The minimum Gasteiger partial charge on any atom is -0.277 e. The van der Waals surface area contributed by atoms with Crippen LogP contribution in [-0.4, -0.2) is 19.5 Å². The van der Waals surface area contributed by atoms with Crippen molar-refractivity contribution in [3.8, 4) is 0 Å². The Balaban J connectivity index is 2.08. The molecule has 0 unspecified atom stereocenters. The third-order valence-electron chi connectivity index (χ3n) is 2.62. The molecule has 100 valence electrons. The van der Waals surface area contributed by atoms with Gasteiger partial charge in [-0.3, -0.25) is 14.5 Å². The minimum atomic E-state index is -0.492. The molecule has 3 aromatic rings. The molecule has 2 aromatic heterocycles. The van der Waals surface area contributed by atoms with E-state index in [1.807, 2.05) is 18.2 Å². The Labute approximate surface area is 122 Å². The topological polar surface area (TPSA) is 73.3 Å². The molecule has 0 aliphatic rings. The van der Waals surface area contributed by atoms with E-state index in [4.69, 9.17) is 11.6 Å². The van der Waals surface area contributed by atoms with Gasteiger partial charge in [-0.15, -0.1) is 10.2 Å². The first-order valence-electron chi connectivity index (χ1n) is 5.57. The molecule has 0 aliphatic heterocycles. The SMILES string of the molecule is O=[N+]([O-])c1c(Cl)cccc1Sc1nnc2ccccn12. The monoisotopic (exact) mass is 306 g/mol. The van der Waals surface area contributed by atoms with Crippen molar-refractivity contribution in [1.29, 1.82) is 0 Å². The standard InChI is InChI=1S/C12H7ClN4O2S/c13-8-4-3-5-9(11(8)17(18)19)20-12-15-14-10-6-1-2-7-16(10)12/h1-7H. The highest BCUT2D eigenvalue weighted by molar-refractivity contribution is 7.99. The Morgan fingerprint density at radius 1 is 1.20 bits per heavy atom. The summed E-state index contributed by atoms with van der Waals surface area (Å²) in [4.78, 5) is 11.0. The number of para-hydroxylation sites is 1. The summed E-state index contributed by atoms with van der Waals surface area (Å²) in [6.45, 7) is 0. The average Bonchev–Trinajstić information content (AvgIpc) is 2.82. The van der Waals surface area contributed by atoms with E-state index >= 15 is 0 Å². The van der Waals surface area contributed by atoms with Crippen LogP contribution in [-0.2, 0) is 0 Å². The van der Waals surface area contributed by atoms with Gasteiger partial charge in [-0.25, -0.2) is 0 Å². The Hall–Kier alpha value is -2.12. The Morgan fingerprint density at radius 2 is 2.05 bits per heavy atom. The maximum atomic E-state index is 11.1. The van der Waals surface area contributed by atoms with Crippen molar-refractivity contribution in [3.63, 3.8) is 0 Å². The van der Waals surface area contributed by atoms with Crippen molar-refractivity contribution in [2.24, 2.45) is 0 Å². The molecule has 0 amide bonds. The second kappa shape index (κ2) is 5.10. The molecule has 0 aliphatic carbocycles. The fourth-order valence-electron chi connectivity index (χ4n) is 1.74. The van der Waals surface area contributed by atoms with Crippen molar-refractivity contribution in [3.05, 3.63) is 57.7 Å². The molecule has 0 saturated heterocycles. The third-order valence-corrected chi connectivity index (χ3v) is 3.93. The maximum Gasteiger partial charge on any atom is 0.301 e. The predicted molar refractivity (Wildman–Crippen MR) is 75.2 cm³/mol. The van der Waals surface area contributed by atoms with Gasteiger partial charge in [0.1, 0.15) is 5.02 Å². The molecule has 0 spiro atoms. The largest absolute Gasteiger partial charge is 0.301 e. The Kier molecular flexibility index (Phi) is 3.29. The van der Waals surface area contributed by atoms with Crippen LogP contribution in [0.4, 0.5) is 5.69 Å². The quantitative estimate of drug-likeness (QED) is 0.547. The molecule has 6 nitrogen and oxygen atoms in total. The lowest BCUT2D eigenvalue weighted by atomic mass is 10.3. The van der Waals surface area contributed by atoms with E-state index < -0.39 is 4.92 Å². The number of hydrogen-bond acceptors (Lipinski definition) is 5. The van der Waals surface area contributed by atoms with Crippen molar-refractivity contribution in [1.82, 2.24) is 14.6 Å². The highest BCUT2D eigenvalue weighted by Gasteiger charge is 2.20. The molecule has 20 heavy (non-hydrogen) atoms. The number of aromatic nitrogens is 3. The smallest absolute Gasteiger partial charge is 0.277 e. The van der Waals surface area contributed by atoms with Crippen LogP contribution in [0.25, 0.3) is 5.65 Å². The van der Waals surface area contributed by atoms with Gasteiger partial charge < -0.3 is 0 Å². The summed E-state index contributed by atoms with van der Waals surface area (Å²) in [5, 5.41) is 19.8. The normalized spacial score (nSPS) is 10.8. The molecule has 0 saturated carbocycles. The highest BCUT2D eigenvalue weighted by Crippen LogP contribution is 2.38. The lowest BCUT2D eigenvalue weighted by Crippen LogP contribution is -1.93. The van der Waals surface area contributed by atoms with Crippen LogP contribution in [0, 0.1) is 10.1 Å². The summed E-state index contributed by atoms with van der Waals surface area (Å²) < 4.78 is 1.76. The number of benzene rings is 1. The molecule has 1 aromatic carbocycles. The maximum absolute atomic E-state index is 11.1. The predicted octanol–water partition coefficient (Wildman–Crippen LogP) is 3.44. The number of nitro groups is 1. The fourth-order valence-corrected chi connectivity index (χ4v) is 3.00. The summed E-state index contributed by atoms with van der Waals surface area (Å²) in [6.07, 6.45) is 1.80. The zero-order valence-corrected chi connectivity index (χ0v) is 11.5. The summed E-state index contributed by atoms with van der Waals surface area (Å²) in [5.74, 6) is 0. The van der Waals surface area contributed by atoms with Crippen molar-refractivity contribution in [2.75, 3.05) is 0 Å². The number of nitrogens with zero attached hydrogens (tertiary/aromatic N) is 4. The van der Waals surface area contributed by atoms with Gasteiger partial charge in [0.15, 0.2) is 5.65 Å². The number of rotatable bonds is 3. The number of pyridine rings is 1. The van der Waals surface area contributed by atoms with Crippen LogP contribution in [0.2, 0.25) is 5.02 Å². The number of hydrogen-bond donors (Lipinski definition) is 0.